The van der Waals surface area contributed by atoms with Gasteiger partial charge in [-0.2, -0.15) is 9.61 Å². The van der Waals surface area contributed by atoms with E-state index in [0.717, 1.165) is 51.5 Å². The molecule has 134 valence electrons. The maximum absolute atomic E-state index is 6.04. The number of nitrogens with zero attached hydrogens (tertiary/aromatic N) is 4. The largest absolute Gasteiger partial charge is 0.452 e. The lowest BCUT2D eigenvalue weighted by Crippen LogP contribution is -1.94. The van der Waals surface area contributed by atoms with Crippen molar-refractivity contribution in [1.29, 1.82) is 0 Å². The molecule has 27 heavy (non-hydrogen) atoms. The van der Waals surface area contributed by atoms with Gasteiger partial charge in [-0.1, -0.05) is 59.9 Å². The number of rotatable bonds is 5. The van der Waals surface area contributed by atoms with E-state index in [1.165, 1.54) is 5.56 Å². The number of benzene rings is 2. The summed E-state index contributed by atoms with van der Waals surface area (Å²) < 4.78 is 7.85. The van der Waals surface area contributed by atoms with Crippen LogP contribution in [0.15, 0.2) is 59.0 Å². The quantitative estimate of drug-likeness (QED) is 0.430. The number of hydrogen-bond acceptors (Lipinski definition) is 5. The van der Waals surface area contributed by atoms with E-state index in [2.05, 4.69) is 47.5 Å². The molecule has 0 aliphatic carbocycles. The van der Waals surface area contributed by atoms with Crippen molar-refractivity contribution in [1.82, 2.24) is 19.8 Å². The van der Waals surface area contributed by atoms with E-state index in [1.54, 1.807) is 11.3 Å². The molecule has 0 N–H and O–H groups in total. The van der Waals surface area contributed by atoms with Gasteiger partial charge in [0.15, 0.2) is 5.76 Å². The molecule has 0 spiro atoms. The molecule has 5 nitrogen and oxygen atoms in total. The number of hydrogen-bond donors (Lipinski definition) is 0. The summed E-state index contributed by atoms with van der Waals surface area (Å²) in [6, 6.07) is 18.6. The SMILES string of the molecule is Cc1c(-c2nnc3sc(CCCc4ccccc4)nn23)oc2ccccc12. The lowest BCUT2D eigenvalue weighted by atomic mass is 10.1. The van der Waals surface area contributed by atoms with Crippen LogP contribution >= 0.6 is 11.3 Å². The molecule has 0 radical (unpaired) electrons. The highest BCUT2D eigenvalue weighted by Gasteiger charge is 2.20. The molecule has 0 saturated carbocycles. The highest BCUT2D eigenvalue weighted by molar-refractivity contribution is 7.16. The number of fused-ring (bicyclic) bond motifs is 2. The summed E-state index contributed by atoms with van der Waals surface area (Å²) in [5.74, 6) is 1.41. The molecule has 0 saturated heterocycles. The van der Waals surface area contributed by atoms with Gasteiger partial charge in [-0.05, 0) is 31.4 Å². The summed E-state index contributed by atoms with van der Waals surface area (Å²) in [5, 5.41) is 15.5. The zero-order chi connectivity index (χ0) is 18.2. The molecule has 5 rings (SSSR count). The first kappa shape index (κ1) is 16.2. The third kappa shape index (κ3) is 2.92. The van der Waals surface area contributed by atoms with Gasteiger partial charge in [0, 0.05) is 17.4 Å². The van der Waals surface area contributed by atoms with Crippen molar-refractivity contribution in [3.05, 3.63) is 70.7 Å². The molecule has 6 heteroatoms. The lowest BCUT2D eigenvalue weighted by molar-refractivity contribution is 0.618. The van der Waals surface area contributed by atoms with Crippen molar-refractivity contribution in [2.24, 2.45) is 0 Å². The van der Waals surface area contributed by atoms with E-state index in [4.69, 9.17) is 9.52 Å². The fourth-order valence-electron chi connectivity index (χ4n) is 3.38. The van der Waals surface area contributed by atoms with Crippen LogP contribution in [0, 0.1) is 6.92 Å². The van der Waals surface area contributed by atoms with E-state index in [9.17, 15) is 0 Å². The van der Waals surface area contributed by atoms with Crippen LogP contribution in [0.1, 0.15) is 22.6 Å². The van der Waals surface area contributed by atoms with E-state index < -0.39 is 0 Å². The fourth-order valence-corrected chi connectivity index (χ4v) is 4.25. The average molecular weight is 374 g/mol. The van der Waals surface area contributed by atoms with Gasteiger partial charge in [0.25, 0.3) is 0 Å². The molecular weight excluding hydrogens is 356 g/mol. The molecule has 3 aromatic heterocycles. The van der Waals surface area contributed by atoms with Crippen molar-refractivity contribution in [3.63, 3.8) is 0 Å². The van der Waals surface area contributed by atoms with Crippen LogP contribution in [0.4, 0.5) is 0 Å². The van der Waals surface area contributed by atoms with Gasteiger partial charge in [-0.15, -0.1) is 10.2 Å². The first-order chi connectivity index (χ1) is 13.3. The van der Waals surface area contributed by atoms with E-state index >= 15 is 0 Å². The number of para-hydroxylation sites is 1. The average Bonchev–Trinajstić information content (AvgIpc) is 3.36. The Labute approximate surface area is 160 Å². The molecule has 0 unspecified atom stereocenters. The van der Waals surface area contributed by atoms with Crippen LogP contribution in [0.3, 0.4) is 0 Å². The third-order valence-corrected chi connectivity index (χ3v) is 5.74. The van der Waals surface area contributed by atoms with Crippen molar-refractivity contribution in [2.45, 2.75) is 26.2 Å². The Balaban J connectivity index is 1.42. The maximum atomic E-state index is 6.04. The van der Waals surface area contributed by atoms with E-state index in [1.807, 2.05) is 28.8 Å². The standard InChI is InChI=1S/C21H18N4OS/c1-14-16-11-5-6-12-17(16)26-19(14)20-22-23-21-25(20)24-18(27-21)13-7-10-15-8-3-2-4-9-15/h2-6,8-9,11-12H,7,10,13H2,1H3. The van der Waals surface area contributed by atoms with Crippen molar-refractivity contribution >= 4 is 27.3 Å². The minimum absolute atomic E-state index is 0.671. The number of furan rings is 1. The molecule has 5 aromatic rings. The summed E-state index contributed by atoms with van der Waals surface area (Å²) >= 11 is 1.60. The number of aryl methyl sites for hydroxylation is 3. The number of aromatic nitrogens is 4. The normalized spacial score (nSPS) is 11.6. The fraction of sp³-hybridized carbons (Fsp3) is 0.190. The van der Waals surface area contributed by atoms with E-state index in [-0.39, 0.29) is 0 Å². The van der Waals surface area contributed by atoms with Crippen LogP contribution in [-0.4, -0.2) is 19.8 Å². The highest BCUT2D eigenvalue weighted by Crippen LogP contribution is 2.32. The van der Waals surface area contributed by atoms with Crippen LogP contribution in [0.25, 0.3) is 27.5 Å². The van der Waals surface area contributed by atoms with Crippen molar-refractivity contribution in [3.8, 4) is 11.6 Å². The second-order valence-electron chi connectivity index (χ2n) is 6.61. The summed E-state index contributed by atoms with van der Waals surface area (Å²) in [7, 11) is 0. The first-order valence-corrected chi connectivity index (χ1v) is 9.85. The van der Waals surface area contributed by atoms with Gasteiger partial charge >= 0.3 is 0 Å². The topological polar surface area (TPSA) is 56.2 Å². The highest BCUT2D eigenvalue weighted by atomic mass is 32.1. The van der Waals surface area contributed by atoms with Crippen LogP contribution in [-0.2, 0) is 12.8 Å². The van der Waals surface area contributed by atoms with Gasteiger partial charge in [0.05, 0.1) is 0 Å². The van der Waals surface area contributed by atoms with Crippen molar-refractivity contribution in [2.75, 3.05) is 0 Å². The Kier molecular flexibility index (Phi) is 3.98. The van der Waals surface area contributed by atoms with Gasteiger partial charge in [-0.25, -0.2) is 0 Å². The minimum atomic E-state index is 0.671. The Hall–Kier alpha value is -2.99. The zero-order valence-corrected chi connectivity index (χ0v) is 15.7. The molecule has 0 aliphatic rings. The second-order valence-corrected chi connectivity index (χ2v) is 7.65. The summed E-state index contributed by atoms with van der Waals surface area (Å²) in [4.78, 5) is 0.805. The van der Waals surface area contributed by atoms with Crippen molar-refractivity contribution < 1.29 is 4.42 Å². The van der Waals surface area contributed by atoms with Gasteiger partial charge in [0.2, 0.25) is 10.8 Å². The van der Waals surface area contributed by atoms with E-state index in [0.29, 0.717) is 5.82 Å². The van der Waals surface area contributed by atoms with Gasteiger partial charge < -0.3 is 4.42 Å². The molecular formula is C21H18N4OS. The Morgan fingerprint density at radius 2 is 1.78 bits per heavy atom. The van der Waals surface area contributed by atoms with Crippen LogP contribution in [0.2, 0.25) is 0 Å². The van der Waals surface area contributed by atoms with Crippen LogP contribution in [0.5, 0.6) is 0 Å². The molecule has 0 bridgehead atoms. The molecule has 0 aliphatic heterocycles. The first-order valence-electron chi connectivity index (χ1n) is 9.03. The molecule has 2 aromatic carbocycles. The van der Waals surface area contributed by atoms with Crippen LogP contribution < -0.4 is 0 Å². The maximum Gasteiger partial charge on any atom is 0.235 e. The van der Waals surface area contributed by atoms with Gasteiger partial charge in [-0.3, -0.25) is 0 Å². The summed E-state index contributed by atoms with van der Waals surface area (Å²) in [5.41, 5.74) is 3.29. The Morgan fingerprint density at radius 1 is 0.963 bits per heavy atom. The monoisotopic (exact) mass is 374 g/mol. The predicted molar refractivity (Wildman–Crippen MR) is 107 cm³/mol. The molecule has 0 fully saturated rings. The summed E-state index contributed by atoms with van der Waals surface area (Å²) in [6.45, 7) is 2.05. The Bertz CT molecular complexity index is 1220. The second kappa shape index (κ2) is 6.63. The smallest absolute Gasteiger partial charge is 0.235 e. The molecule has 0 amide bonds. The Morgan fingerprint density at radius 3 is 2.63 bits per heavy atom. The molecule has 0 atom stereocenters. The predicted octanol–water partition coefficient (Wildman–Crippen LogP) is 5.08. The zero-order valence-electron chi connectivity index (χ0n) is 14.9. The molecule has 3 heterocycles. The third-order valence-electron chi connectivity index (χ3n) is 4.78. The van der Waals surface area contributed by atoms with Gasteiger partial charge in [0.1, 0.15) is 10.6 Å². The minimum Gasteiger partial charge on any atom is -0.452 e. The summed E-state index contributed by atoms with van der Waals surface area (Å²) in [6.07, 6.45) is 3.05. The lowest BCUT2D eigenvalue weighted by Gasteiger charge is -1.99.